The summed E-state index contributed by atoms with van der Waals surface area (Å²) in [6.45, 7) is 1.79. The van der Waals surface area contributed by atoms with Gasteiger partial charge in [-0.15, -0.1) is 0 Å². The summed E-state index contributed by atoms with van der Waals surface area (Å²) >= 11 is 0. The molecule has 0 heterocycles. The monoisotopic (exact) mass is 279 g/mol. The Labute approximate surface area is 116 Å². The van der Waals surface area contributed by atoms with Crippen LogP contribution in [0.2, 0.25) is 0 Å². The number of carbonyl (C=O) groups excluding carboxylic acids is 2. The van der Waals surface area contributed by atoms with E-state index in [1.54, 1.807) is 6.92 Å². The number of nitrogens with two attached hydrogens (primary N) is 1. The summed E-state index contributed by atoms with van der Waals surface area (Å²) in [6.07, 6.45) is 0.380. The zero-order valence-electron chi connectivity index (χ0n) is 11.1. The Kier molecular flexibility index (Phi) is 5.52. The Hall–Kier alpha value is -2.57. The number of nitrogens with one attached hydrogen (secondary N) is 2. The van der Waals surface area contributed by atoms with Crippen LogP contribution in [-0.4, -0.2) is 29.1 Å². The minimum absolute atomic E-state index is 0.134. The molecule has 1 aromatic rings. The van der Waals surface area contributed by atoms with E-state index in [0.29, 0.717) is 17.7 Å². The van der Waals surface area contributed by atoms with Crippen LogP contribution in [0.25, 0.3) is 0 Å². The second-order valence-electron chi connectivity index (χ2n) is 4.24. The normalized spacial score (nSPS) is 11.4. The number of primary amides is 1. The molecule has 1 rings (SSSR count). The average Bonchev–Trinajstić information content (AvgIpc) is 2.37. The number of aliphatic carboxylic acids is 1. The third-order valence-electron chi connectivity index (χ3n) is 2.68. The quantitative estimate of drug-likeness (QED) is 0.624. The molecule has 7 heteroatoms. The van der Waals surface area contributed by atoms with Crippen molar-refractivity contribution in [3.8, 4) is 0 Å². The molecule has 3 amide bonds. The van der Waals surface area contributed by atoms with Gasteiger partial charge < -0.3 is 21.5 Å². The van der Waals surface area contributed by atoms with Gasteiger partial charge in [-0.25, -0.2) is 4.79 Å². The van der Waals surface area contributed by atoms with Crippen LogP contribution in [-0.2, 0) is 4.79 Å². The second-order valence-corrected chi connectivity index (χ2v) is 4.24. The maximum Gasteiger partial charge on any atom is 0.319 e. The van der Waals surface area contributed by atoms with Crippen molar-refractivity contribution in [2.24, 2.45) is 5.73 Å². The molecule has 0 spiro atoms. The number of carbonyl (C=O) groups is 3. The number of anilines is 1. The van der Waals surface area contributed by atoms with Crippen molar-refractivity contribution in [2.45, 2.75) is 25.8 Å². The lowest BCUT2D eigenvalue weighted by atomic mass is 10.1. The molecule has 0 fully saturated rings. The van der Waals surface area contributed by atoms with Crippen molar-refractivity contribution in [1.29, 1.82) is 0 Å². The Morgan fingerprint density at radius 1 is 1.25 bits per heavy atom. The molecule has 7 nitrogen and oxygen atoms in total. The summed E-state index contributed by atoms with van der Waals surface area (Å²) in [7, 11) is 0. The van der Waals surface area contributed by atoms with E-state index in [1.807, 2.05) is 0 Å². The second kappa shape index (κ2) is 7.13. The SMILES string of the molecule is CCC(CC(=O)O)NC(=O)Nc1ccc(C(N)=O)cc1. The predicted molar refractivity (Wildman–Crippen MR) is 73.4 cm³/mol. The first-order chi connectivity index (χ1) is 9.42. The lowest BCUT2D eigenvalue weighted by Gasteiger charge is -2.15. The minimum Gasteiger partial charge on any atom is -0.481 e. The molecule has 0 aliphatic carbocycles. The van der Waals surface area contributed by atoms with Gasteiger partial charge in [0, 0.05) is 17.3 Å². The summed E-state index contributed by atoms with van der Waals surface area (Å²) in [5.41, 5.74) is 5.93. The molecule has 0 radical (unpaired) electrons. The van der Waals surface area contributed by atoms with E-state index in [4.69, 9.17) is 10.8 Å². The zero-order chi connectivity index (χ0) is 15.1. The number of urea groups is 1. The molecule has 20 heavy (non-hydrogen) atoms. The molecule has 0 aromatic heterocycles. The van der Waals surface area contributed by atoms with Crippen molar-refractivity contribution in [2.75, 3.05) is 5.32 Å². The van der Waals surface area contributed by atoms with Crippen LogP contribution in [0.15, 0.2) is 24.3 Å². The zero-order valence-corrected chi connectivity index (χ0v) is 11.1. The number of rotatable bonds is 6. The van der Waals surface area contributed by atoms with Crippen molar-refractivity contribution < 1.29 is 19.5 Å². The number of carboxylic acids is 1. The highest BCUT2D eigenvalue weighted by Gasteiger charge is 2.14. The summed E-state index contributed by atoms with van der Waals surface area (Å²) in [4.78, 5) is 33.2. The Bertz CT molecular complexity index is 499. The summed E-state index contributed by atoms with van der Waals surface area (Å²) in [5.74, 6) is -1.52. The van der Waals surface area contributed by atoms with Crippen molar-refractivity contribution in [3.63, 3.8) is 0 Å². The first kappa shape index (κ1) is 15.5. The number of hydrogen-bond acceptors (Lipinski definition) is 3. The van der Waals surface area contributed by atoms with Crippen LogP contribution in [0.3, 0.4) is 0 Å². The van der Waals surface area contributed by atoms with Crippen LogP contribution >= 0.6 is 0 Å². The first-order valence-corrected chi connectivity index (χ1v) is 6.11. The third-order valence-corrected chi connectivity index (χ3v) is 2.68. The molecule has 108 valence electrons. The number of carboxylic acid groups (broad SMARTS) is 1. The molecule has 0 aliphatic rings. The number of benzene rings is 1. The molecule has 0 saturated carbocycles. The smallest absolute Gasteiger partial charge is 0.319 e. The van der Waals surface area contributed by atoms with E-state index >= 15 is 0 Å². The van der Waals surface area contributed by atoms with Crippen LogP contribution in [0.5, 0.6) is 0 Å². The van der Waals surface area contributed by atoms with E-state index < -0.39 is 23.9 Å². The molecule has 0 saturated heterocycles. The summed E-state index contributed by atoms with van der Waals surface area (Å²) in [6, 6.07) is 5.14. The van der Waals surface area contributed by atoms with E-state index in [0.717, 1.165) is 0 Å². The van der Waals surface area contributed by atoms with Gasteiger partial charge in [-0.3, -0.25) is 9.59 Å². The van der Waals surface area contributed by atoms with E-state index in [-0.39, 0.29) is 6.42 Å². The van der Waals surface area contributed by atoms with Crippen molar-refractivity contribution >= 4 is 23.6 Å². The summed E-state index contributed by atoms with van der Waals surface area (Å²) < 4.78 is 0. The van der Waals surface area contributed by atoms with Gasteiger partial charge in [-0.2, -0.15) is 0 Å². The van der Waals surface area contributed by atoms with Gasteiger partial charge in [0.15, 0.2) is 0 Å². The van der Waals surface area contributed by atoms with Crippen molar-refractivity contribution in [1.82, 2.24) is 5.32 Å². The standard InChI is InChI=1S/C13H17N3O4/c1-2-9(7-11(17)18)15-13(20)16-10-5-3-8(4-6-10)12(14)19/h3-6,9H,2,7H2,1H3,(H2,14,19)(H,17,18)(H2,15,16,20). The molecular weight excluding hydrogens is 262 g/mol. The van der Waals surface area contributed by atoms with Crippen LogP contribution in [0, 0.1) is 0 Å². The lowest BCUT2D eigenvalue weighted by molar-refractivity contribution is -0.137. The van der Waals surface area contributed by atoms with Gasteiger partial charge in [0.1, 0.15) is 0 Å². The maximum absolute atomic E-state index is 11.7. The third kappa shape index (κ3) is 4.97. The fraction of sp³-hybridized carbons (Fsp3) is 0.308. The fourth-order valence-corrected chi connectivity index (χ4v) is 1.58. The Morgan fingerprint density at radius 2 is 1.85 bits per heavy atom. The van der Waals surface area contributed by atoms with Crippen LogP contribution < -0.4 is 16.4 Å². The molecule has 1 aromatic carbocycles. The van der Waals surface area contributed by atoms with Gasteiger partial charge in [0.05, 0.1) is 6.42 Å². The molecule has 5 N–H and O–H groups in total. The average molecular weight is 279 g/mol. The predicted octanol–water partition coefficient (Wildman–Crippen LogP) is 1.16. The topological polar surface area (TPSA) is 122 Å². The highest BCUT2D eigenvalue weighted by atomic mass is 16.4. The van der Waals surface area contributed by atoms with Gasteiger partial charge in [-0.1, -0.05) is 6.92 Å². The van der Waals surface area contributed by atoms with Gasteiger partial charge in [0.2, 0.25) is 5.91 Å². The first-order valence-electron chi connectivity index (χ1n) is 6.11. The molecule has 1 unspecified atom stereocenters. The Morgan fingerprint density at radius 3 is 2.30 bits per heavy atom. The number of amides is 3. The molecule has 0 aliphatic heterocycles. The van der Waals surface area contributed by atoms with Crippen LogP contribution in [0.4, 0.5) is 10.5 Å². The maximum atomic E-state index is 11.7. The fourth-order valence-electron chi connectivity index (χ4n) is 1.58. The Balaban J connectivity index is 2.57. The summed E-state index contributed by atoms with van der Waals surface area (Å²) in [5, 5.41) is 13.8. The van der Waals surface area contributed by atoms with E-state index in [1.165, 1.54) is 24.3 Å². The van der Waals surface area contributed by atoms with Gasteiger partial charge in [-0.05, 0) is 30.7 Å². The van der Waals surface area contributed by atoms with Crippen LogP contribution in [0.1, 0.15) is 30.1 Å². The molecule has 1 atom stereocenters. The minimum atomic E-state index is -0.969. The van der Waals surface area contributed by atoms with Gasteiger partial charge >= 0.3 is 12.0 Å². The van der Waals surface area contributed by atoms with Crippen molar-refractivity contribution in [3.05, 3.63) is 29.8 Å². The molecule has 0 bridgehead atoms. The molecular formula is C13H17N3O4. The lowest BCUT2D eigenvalue weighted by Crippen LogP contribution is -2.38. The van der Waals surface area contributed by atoms with E-state index in [2.05, 4.69) is 10.6 Å². The van der Waals surface area contributed by atoms with E-state index in [9.17, 15) is 14.4 Å². The highest BCUT2D eigenvalue weighted by molar-refractivity contribution is 5.94. The highest BCUT2D eigenvalue weighted by Crippen LogP contribution is 2.09. The number of hydrogen-bond donors (Lipinski definition) is 4. The van der Waals surface area contributed by atoms with Gasteiger partial charge in [0.25, 0.3) is 0 Å². The largest absolute Gasteiger partial charge is 0.481 e.